The molecule has 0 saturated carbocycles. The monoisotopic (exact) mass is 353 g/mol. The van der Waals surface area contributed by atoms with Crippen LogP contribution in [0.5, 0.6) is 0 Å². The van der Waals surface area contributed by atoms with Gasteiger partial charge in [0, 0.05) is 17.3 Å². The fraction of sp³-hybridized carbons (Fsp3) is 0.211. The molecule has 2 N–H and O–H groups in total. The lowest BCUT2D eigenvalue weighted by atomic mass is 10.1. The van der Waals surface area contributed by atoms with E-state index < -0.39 is 0 Å². The molecule has 0 aliphatic heterocycles. The predicted molar refractivity (Wildman–Crippen MR) is 103 cm³/mol. The molecule has 128 valence electrons. The summed E-state index contributed by atoms with van der Waals surface area (Å²) in [5.41, 5.74) is 4.51. The molecule has 0 aliphatic carbocycles. The van der Waals surface area contributed by atoms with Crippen molar-refractivity contribution in [2.45, 2.75) is 20.3 Å². The van der Waals surface area contributed by atoms with E-state index in [1.165, 1.54) is 11.1 Å². The van der Waals surface area contributed by atoms with E-state index in [1.807, 2.05) is 24.3 Å². The lowest BCUT2D eigenvalue weighted by Crippen LogP contribution is -2.09. The van der Waals surface area contributed by atoms with E-state index in [-0.39, 0.29) is 0 Å². The summed E-state index contributed by atoms with van der Waals surface area (Å²) < 4.78 is 0. The van der Waals surface area contributed by atoms with Crippen molar-refractivity contribution < 1.29 is 0 Å². The van der Waals surface area contributed by atoms with E-state index in [2.05, 4.69) is 57.9 Å². The van der Waals surface area contributed by atoms with Crippen LogP contribution < -0.4 is 10.6 Å². The molecule has 0 saturated heterocycles. The number of nitrogens with zero attached hydrogens (tertiary/aromatic N) is 3. The standard InChI is InChI=1S/C19H20ClN5/c1-13-6-7-17(14(2)10-13)23-19-24-18(12-22-25-19)21-9-8-15-4-3-5-16(20)11-15/h3-7,10-12H,8-9H2,1-2H3,(H2,21,23,24,25). The molecule has 0 amide bonds. The van der Waals surface area contributed by atoms with Crippen LogP contribution >= 0.6 is 11.6 Å². The first-order valence-electron chi connectivity index (χ1n) is 8.12. The van der Waals surface area contributed by atoms with Crippen molar-refractivity contribution in [3.05, 3.63) is 70.4 Å². The fourth-order valence-electron chi connectivity index (χ4n) is 2.54. The number of benzene rings is 2. The maximum atomic E-state index is 6.00. The zero-order valence-electron chi connectivity index (χ0n) is 14.3. The smallest absolute Gasteiger partial charge is 0.249 e. The van der Waals surface area contributed by atoms with Gasteiger partial charge in [0.25, 0.3) is 0 Å². The highest BCUT2D eigenvalue weighted by Gasteiger charge is 2.04. The third-order valence-corrected chi connectivity index (χ3v) is 4.03. The van der Waals surface area contributed by atoms with Crippen molar-refractivity contribution in [2.75, 3.05) is 17.2 Å². The maximum Gasteiger partial charge on any atom is 0.249 e. The number of hydrogen-bond donors (Lipinski definition) is 2. The molecule has 6 heteroatoms. The molecule has 0 spiro atoms. The van der Waals surface area contributed by atoms with Crippen LogP contribution in [0.15, 0.2) is 48.7 Å². The second-order valence-electron chi connectivity index (χ2n) is 5.92. The normalized spacial score (nSPS) is 10.5. The number of halogens is 1. The Balaban J connectivity index is 1.61. The Morgan fingerprint density at radius 2 is 1.96 bits per heavy atom. The van der Waals surface area contributed by atoms with E-state index in [0.29, 0.717) is 11.8 Å². The van der Waals surface area contributed by atoms with Crippen molar-refractivity contribution in [2.24, 2.45) is 0 Å². The molecule has 5 nitrogen and oxygen atoms in total. The number of nitrogens with one attached hydrogen (secondary N) is 2. The summed E-state index contributed by atoms with van der Waals surface area (Å²) in [6.07, 6.45) is 2.47. The van der Waals surface area contributed by atoms with Gasteiger partial charge in [-0.25, -0.2) is 0 Å². The highest BCUT2D eigenvalue weighted by atomic mass is 35.5. The van der Waals surface area contributed by atoms with E-state index in [0.717, 1.165) is 29.2 Å². The molecule has 3 rings (SSSR count). The van der Waals surface area contributed by atoms with Crippen LogP contribution in [0.2, 0.25) is 5.02 Å². The van der Waals surface area contributed by atoms with Gasteiger partial charge >= 0.3 is 0 Å². The second-order valence-corrected chi connectivity index (χ2v) is 6.35. The summed E-state index contributed by atoms with van der Waals surface area (Å²) in [5.74, 6) is 1.16. The Bertz CT molecular complexity index is 866. The molecule has 0 atom stereocenters. The van der Waals surface area contributed by atoms with Crippen molar-refractivity contribution in [3.63, 3.8) is 0 Å². The second kappa shape index (κ2) is 7.94. The predicted octanol–water partition coefficient (Wildman–Crippen LogP) is 4.54. The fourth-order valence-corrected chi connectivity index (χ4v) is 2.76. The minimum atomic E-state index is 0.472. The van der Waals surface area contributed by atoms with E-state index in [4.69, 9.17) is 11.6 Å². The molecule has 0 bridgehead atoms. The summed E-state index contributed by atoms with van der Waals surface area (Å²) >= 11 is 6.00. The van der Waals surface area contributed by atoms with E-state index in [1.54, 1.807) is 6.20 Å². The largest absolute Gasteiger partial charge is 0.368 e. The van der Waals surface area contributed by atoms with Crippen molar-refractivity contribution >= 4 is 29.1 Å². The Kier molecular flexibility index (Phi) is 5.46. The molecular formula is C19H20ClN5. The van der Waals surface area contributed by atoms with Crippen LogP contribution in [0.1, 0.15) is 16.7 Å². The van der Waals surface area contributed by atoms with Crippen LogP contribution in [0, 0.1) is 13.8 Å². The first-order chi connectivity index (χ1) is 12.1. The molecule has 2 aromatic carbocycles. The lowest BCUT2D eigenvalue weighted by Gasteiger charge is -2.10. The van der Waals surface area contributed by atoms with Gasteiger partial charge < -0.3 is 10.6 Å². The summed E-state index contributed by atoms with van der Waals surface area (Å²) in [4.78, 5) is 4.46. The Hall–Kier alpha value is -2.66. The highest BCUT2D eigenvalue weighted by Crippen LogP contribution is 2.19. The summed E-state index contributed by atoms with van der Waals surface area (Å²) in [6, 6.07) is 14.0. The first-order valence-corrected chi connectivity index (χ1v) is 8.50. The number of aryl methyl sites for hydroxylation is 2. The molecule has 25 heavy (non-hydrogen) atoms. The maximum absolute atomic E-state index is 6.00. The first kappa shape index (κ1) is 17.2. The number of aromatic nitrogens is 3. The SMILES string of the molecule is Cc1ccc(Nc2nncc(NCCc3cccc(Cl)c3)n2)c(C)c1. The lowest BCUT2D eigenvalue weighted by molar-refractivity contribution is 0.950. The van der Waals surface area contributed by atoms with Gasteiger partial charge in [-0.1, -0.05) is 41.4 Å². The van der Waals surface area contributed by atoms with Crippen LogP contribution in [-0.4, -0.2) is 21.7 Å². The quantitative estimate of drug-likeness (QED) is 0.681. The summed E-state index contributed by atoms with van der Waals surface area (Å²) in [7, 11) is 0. The van der Waals surface area contributed by atoms with Gasteiger partial charge in [0.05, 0.1) is 6.20 Å². The van der Waals surface area contributed by atoms with Crippen molar-refractivity contribution in [1.29, 1.82) is 0 Å². The topological polar surface area (TPSA) is 62.7 Å². The van der Waals surface area contributed by atoms with E-state index >= 15 is 0 Å². The Labute approximate surface area is 152 Å². The van der Waals surface area contributed by atoms with Gasteiger partial charge in [-0.05, 0) is 49.6 Å². The third kappa shape index (κ3) is 4.90. The summed E-state index contributed by atoms with van der Waals surface area (Å²) in [6.45, 7) is 4.86. The molecule has 0 aliphatic rings. The Morgan fingerprint density at radius 3 is 2.76 bits per heavy atom. The molecule has 3 aromatic rings. The van der Waals surface area contributed by atoms with Gasteiger partial charge in [0.1, 0.15) is 0 Å². The minimum absolute atomic E-state index is 0.472. The molecule has 1 aromatic heterocycles. The molecule has 0 fully saturated rings. The van der Waals surface area contributed by atoms with Gasteiger partial charge in [-0.15, -0.1) is 5.10 Å². The van der Waals surface area contributed by atoms with Crippen molar-refractivity contribution in [3.8, 4) is 0 Å². The summed E-state index contributed by atoms with van der Waals surface area (Å²) in [5, 5.41) is 15.3. The van der Waals surface area contributed by atoms with E-state index in [9.17, 15) is 0 Å². The third-order valence-electron chi connectivity index (χ3n) is 3.80. The van der Waals surface area contributed by atoms with Gasteiger partial charge in [-0.2, -0.15) is 10.1 Å². The molecule has 1 heterocycles. The molecule has 0 radical (unpaired) electrons. The zero-order valence-corrected chi connectivity index (χ0v) is 15.0. The average Bonchev–Trinajstić information content (AvgIpc) is 2.58. The Morgan fingerprint density at radius 1 is 1.08 bits per heavy atom. The number of anilines is 3. The van der Waals surface area contributed by atoms with Gasteiger partial charge in [0.2, 0.25) is 5.95 Å². The van der Waals surface area contributed by atoms with Gasteiger partial charge in [0.15, 0.2) is 5.82 Å². The molecular weight excluding hydrogens is 334 g/mol. The van der Waals surface area contributed by atoms with Gasteiger partial charge in [-0.3, -0.25) is 0 Å². The van der Waals surface area contributed by atoms with Crippen LogP contribution in [0.4, 0.5) is 17.5 Å². The van der Waals surface area contributed by atoms with Crippen LogP contribution in [0.25, 0.3) is 0 Å². The van der Waals surface area contributed by atoms with Crippen LogP contribution in [0.3, 0.4) is 0 Å². The highest BCUT2D eigenvalue weighted by molar-refractivity contribution is 6.30. The zero-order chi connectivity index (χ0) is 17.6. The van der Waals surface area contributed by atoms with Crippen LogP contribution in [-0.2, 0) is 6.42 Å². The minimum Gasteiger partial charge on any atom is -0.368 e. The van der Waals surface area contributed by atoms with Crippen molar-refractivity contribution in [1.82, 2.24) is 15.2 Å². The average molecular weight is 354 g/mol. The number of rotatable bonds is 6. The number of hydrogen-bond acceptors (Lipinski definition) is 5. The molecule has 0 unspecified atom stereocenters.